The molecule has 0 unspecified atom stereocenters. The first-order chi connectivity index (χ1) is 7.59. The number of nitrogens with two attached hydrogens (primary N) is 1. The molecule has 1 aromatic heterocycles. The third-order valence-corrected chi connectivity index (χ3v) is 4.37. The minimum atomic E-state index is -0.408. The Labute approximate surface area is 101 Å². The Morgan fingerprint density at radius 2 is 2.44 bits per heavy atom. The van der Waals surface area contributed by atoms with E-state index in [9.17, 15) is 9.59 Å². The number of rotatable bonds is 3. The van der Waals surface area contributed by atoms with E-state index < -0.39 is 5.91 Å². The topological polar surface area (TPSA) is 78.0 Å². The van der Waals surface area contributed by atoms with E-state index in [1.165, 1.54) is 16.3 Å². The van der Waals surface area contributed by atoms with Crippen molar-refractivity contribution < 1.29 is 4.79 Å². The Bertz CT molecular complexity index is 498. The standard InChI is InChI=1S/C9H11N3O2S2/c1-12-8(14)7-5(2-3-15-7)11-9(12)16-4-6(10)13/h2-4H2,1H3,(H2,10,13). The second kappa shape index (κ2) is 4.50. The maximum Gasteiger partial charge on any atom is 0.267 e. The molecule has 1 aliphatic heterocycles. The maximum atomic E-state index is 11.9. The normalized spacial score (nSPS) is 13.8. The second-order valence-electron chi connectivity index (χ2n) is 3.39. The van der Waals surface area contributed by atoms with Gasteiger partial charge in [0.1, 0.15) is 0 Å². The lowest BCUT2D eigenvalue weighted by Crippen LogP contribution is -2.23. The van der Waals surface area contributed by atoms with Crippen molar-refractivity contribution in [2.24, 2.45) is 12.8 Å². The van der Waals surface area contributed by atoms with E-state index in [0.29, 0.717) is 5.16 Å². The van der Waals surface area contributed by atoms with Gasteiger partial charge in [-0.25, -0.2) is 4.98 Å². The van der Waals surface area contributed by atoms with Crippen LogP contribution < -0.4 is 11.3 Å². The summed E-state index contributed by atoms with van der Waals surface area (Å²) in [4.78, 5) is 27.7. The van der Waals surface area contributed by atoms with Gasteiger partial charge in [0.25, 0.3) is 5.56 Å². The van der Waals surface area contributed by atoms with Crippen LogP contribution in [0.2, 0.25) is 0 Å². The summed E-state index contributed by atoms with van der Waals surface area (Å²) in [7, 11) is 1.66. The zero-order valence-corrected chi connectivity index (χ0v) is 10.4. The predicted molar refractivity (Wildman–Crippen MR) is 63.8 cm³/mol. The molecule has 0 spiro atoms. The van der Waals surface area contributed by atoms with Crippen LogP contribution in [0.3, 0.4) is 0 Å². The zero-order chi connectivity index (χ0) is 11.7. The average molecular weight is 257 g/mol. The van der Waals surface area contributed by atoms with Crippen molar-refractivity contribution in [3.63, 3.8) is 0 Å². The first-order valence-corrected chi connectivity index (χ1v) is 6.70. The van der Waals surface area contributed by atoms with Gasteiger partial charge in [0.05, 0.1) is 16.3 Å². The van der Waals surface area contributed by atoms with Gasteiger partial charge in [-0.2, -0.15) is 0 Å². The number of fused-ring (bicyclic) bond motifs is 1. The molecule has 1 aromatic rings. The Kier molecular flexibility index (Phi) is 3.25. The van der Waals surface area contributed by atoms with Crippen molar-refractivity contribution >= 4 is 29.4 Å². The molecule has 5 nitrogen and oxygen atoms in total. The Morgan fingerprint density at radius 3 is 3.12 bits per heavy atom. The van der Waals surface area contributed by atoms with Gasteiger partial charge >= 0.3 is 0 Å². The van der Waals surface area contributed by atoms with Crippen LogP contribution in [0.25, 0.3) is 0 Å². The van der Waals surface area contributed by atoms with Gasteiger partial charge in [-0.3, -0.25) is 14.2 Å². The fraction of sp³-hybridized carbons (Fsp3) is 0.444. The molecule has 0 bridgehead atoms. The first kappa shape index (κ1) is 11.5. The number of amides is 1. The van der Waals surface area contributed by atoms with Crippen LogP contribution in [-0.4, -0.2) is 27.0 Å². The lowest BCUT2D eigenvalue weighted by Gasteiger charge is -2.07. The number of hydrogen-bond acceptors (Lipinski definition) is 5. The van der Waals surface area contributed by atoms with Crippen LogP contribution in [-0.2, 0) is 18.3 Å². The number of nitrogens with zero attached hydrogens (tertiary/aromatic N) is 2. The van der Waals surface area contributed by atoms with Crippen LogP contribution >= 0.6 is 23.5 Å². The highest BCUT2D eigenvalue weighted by molar-refractivity contribution is 8.00. The molecule has 0 aliphatic carbocycles. The molecule has 1 amide bonds. The summed E-state index contributed by atoms with van der Waals surface area (Å²) in [6.45, 7) is 0. The third-order valence-electron chi connectivity index (χ3n) is 2.21. The van der Waals surface area contributed by atoms with E-state index in [1.807, 2.05) is 0 Å². The van der Waals surface area contributed by atoms with Crippen LogP contribution in [0.1, 0.15) is 5.69 Å². The molecule has 0 radical (unpaired) electrons. The van der Waals surface area contributed by atoms with E-state index in [2.05, 4.69) is 4.98 Å². The molecule has 86 valence electrons. The van der Waals surface area contributed by atoms with Crippen molar-refractivity contribution in [2.75, 3.05) is 11.5 Å². The lowest BCUT2D eigenvalue weighted by molar-refractivity contribution is -0.115. The van der Waals surface area contributed by atoms with Gasteiger partial charge in [0.2, 0.25) is 5.91 Å². The van der Waals surface area contributed by atoms with Gasteiger partial charge in [-0.1, -0.05) is 11.8 Å². The number of aryl methyl sites for hydroxylation is 1. The number of primary amides is 1. The summed E-state index contributed by atoms with van der Waals surface area (Å²) in [5.74, 6) is 0.641. The Balaban J connectivity index is 2.36. The van der Waals surface area contributed by atoms with Gasteiger partial charge in [-0.15, -0.1) is 11.8 Å². The summed E-state index contributed by atoms with van der Waals surface area (Å²) >= 11 is 2.75. The van der Waals surface area contributed by atoms with Crippen LogP contribution in [0.5, 0.6) is 0 Å². The highest BCUT2D eigenvalue weighted by Gasteiger charge is 2.20. The molecule has 0 atom stereocenters. The molecule has 16 heavy (non-hydrogen) atoms. The lowest BCUT2D eigenvalue weighted by atomic mass is 10.3. The summed E-state index contributed by atoms with van der Waals surface area (Å²) in [6.07, 6.45) is 0.820. The minimum Gasteiger partial charge on any atom is -0.369 e. The Morgan fingerprint density at radius 1 is 1.69 bits per heavy atom. The highest BCUT2D eigenvalue weighted by atomic mass is 32.2. The molecule has 2 N–H and O–H groups in total. The van der Waals surface area contributed by atoms with Crippen molar-refractivity contribution in [1.29, 1.82) is 0 Å². The molecular formula is C9H11N3O2S2. The third kappa shape index (κ3) is 2.10. The van der Waals surface area contributed by atoms with E-state index in [4.69, 9.17) is 5.73 Å². The fourth-order valence-electron chi connectivity index (χ4n) is 1.43. The molecular weight excluding hydrogens is 246 g/mol. The quantitative estimate of drug-likeness (QED) is 0.609. The number of thioether (sulfide) groups is 2. The van der Waals surface area contributed by atoms with E-state index in [0.717, 1.165) is 22.8 Å². The molecule has 1 aliphatic rings. The maximum absolute atomic E-state index is 11.9. The SMILES string of the molecule is Cn1c(SCC(N)=O)nc2c(c1=O)SCC2. The highest BCUT2D eigenvalue weighted by Crippen LogP contribution is 2.28. The van der Waals surface area contributed by atoms with E-state index in [1.54, 1.807) is 18.8 Å². The predicted octanol–water partition coefficient (Wildman–Crippen LogP) is 0.00590. The van der Waals surface area contributed by atoms with Crippen LogP contribution in [0.15, 0.2) is 14.8 Å². The van der Waals surface area contributed by atoms with Gasteiger partial charge < -0.3 is 5.73 Å². The average Bonchev–Trinajstić information content (AvgIpc) is 2.69. The van der Waals surface area contributed by atoms with Crippen molar-refractivity contribution in [3.8, 4) is 0 Å². The first-order valence-electron chi connectivity index (χ1n) is 4.73. The summed E-state index contributed by atoms with van der Waals surface area (Å²) in [6, 6.07) is 0. The molecule has 7 heteroatoms. The van der Waals surface area contributed by atoms with Crippen LogP contribution in [0, 0.1) is 0 Å². The molecule has 0 fully saturated rings. The van der Waals surface area contributed by atoms with Gasteiger partial charge in [0, 0.05) is 19.2 Å². The number of carbonyl (C=O) groups excluding carboxylic acids is 1. The molecule has 0 saturated heterocycles. The number of aromatic nitrogens is 2. The molecule has 2 heterocycles. The van der Waals surface area contributed by atoms with E-state index >= 15 is 0 Å². The molecule has 0 aromatic carbocycles. The molecule has 2 rings (SSSR count). The largest absolute Gasteiger partial charge is 0.369 e. The molecule has 0 saturated carbocycles. The second-order valence-corrected chi connectivity index (χ2v) is 5.44. The smallest absolute Gasteiger partial charge is 0.267 e. The fourth-order valence-corrected chi connectivity index (χ4v) is 3.23. The zero-order valence-electron chi connectivity index (χ0n) is 8.73. The van der Waals surface area contributed by atoms with Crippen LogP contribution in [0.4, 0.5) is 0 Å². The number of carbonyl (C=O) groups is 1. The van der Waals surface area contributed by atoms with Crippen molar-refractivity contribution in [1.82, 2.24) is 9.55 Å². The summed E-state index contributed by atoms with van der Waals surface area (Å²) in [5, 5.41) is 0.560. The minimum absolute atomic E-state index is 0.0283. The van der Waals surface area contributed by atoms with Gasteiger partial charge in [0.15, 0.2) is 5.16 Å². The van der Waals surface area contributed by atoms with Crippen molar-refractivity contribution in [3.05, 3.63) is 16.0 Å². The van der Waals surface area contributed by atoms with E-state index in [-0.39, 0.29) is 11.3 Å². The van der Waals surface area contributed by atoms with Gasteiger partial charge in [-0.05, 0) is 0 Å². The Hall–Kier alpha value is -0.950. The van der Waals surface area contributed by atoms with Crippen molar-refractivity contribution in [2.45, 2.75) is 16.5 Å². The summed E-state index contributed by atoms with van der Waals surface area (Å²) in [5.41, 5.74) is 5.88. The number of hydrogen-bond donors (Lipinski definition) is 1. The summed E-state index contributed by atoms with van der Waals surface area (Å²) < 4.78 is 1.48. The monoisotopic (exact) mass is 257 g/mol.